The van der Waals surface area contributed by atoms with Gasteiger partial charge in [-0.3, -0.25) is 4.68 Å². The van der Waals surface area contributed by atoms with Crippen LogP contribution in [0, 0.1) is 13.8 Å². The molecule has 0 aliphatic carbocycles. The maximum Gasteiger partial charge on any atom is 0.134 e. The molecule has 5 heteroatoms. The van der Waals surface area contributed by atoms with Crippen molar-refractivity contribution in [3.05, 3.63) is 52.0 Å². The molecule has 0 radical (unpaired) electrons. The van der Waals surface area contributed by atoms with Crippen molar-refractivity contribution in [1.82, 2.24) is 15.1 Å². The van der Waals surface area contributed by atoms with E-state index in [1.165, 1.54) is 0 Å². The summed E-state index contributed by atoms with van der Waals surface area (Å²) in [5.74, 6) is 0.947. The number of benzene rings is 1. The van der Waals surface area contributed by atoms with E-state index in [0.717, 1.165) is 38.7 Å². The molecule has 2 heterocycles. The fraction of sp³-hybridized carbons (Fsp3) is 0.312. The van der Waals surface area contributed by atoms with Gasteiger partial charge < -0.3 is 9.73 Å². The highest BCUT2D eigenvalue weighted by atomic mass is 35.5. The average Bonchev–Trinajstić information content (AvgIpc) is 2.94. The molecule has 2 aromatic heterocycles. The number of furan rings is 1. The van der Waals surface area contributed by atoms with E-state index in [4.69, 9.17) is 16.0 Å². The molecule has 0 aliphatic rings. The lowest BCUT2D eigenvalue weighted by atomic mass is 10.1. The van der Waals surface area contributed by atoms with Crippen molar-refractivity contribution in [1.29, 1.82) is 0 Å². The largest absolute Gasteiger partial charge is 0.459 e. The van der Waals surface area contributed by atoms with E-state index < -0.39 is 0 Å². The summed E-state index contributed by atoms with van der Waals surface area (Å²) in [6.07, 6.45) is 0. The molecule has 3 aromatic rings. The van der Waals surface area contributed by atoms with Gasteiger partial charge in [0.05, 0.1) is 29.5 Å². The van der Waals surface area contributed by atoms with Crippen molar-refractivity contribution in [3.8, 4) is 0 Å². The minimum absolute atomic E-state index is 0.660. The second kappa shape index (κ2) is 5.54. The maximum atomic E-state index is 6.24. The van der Waals surface area contributed by atoms with Gasteiger partial charge in [0.2, 0.25) is 0 Å². The van der Waals surface area contributed by atoms with Crippen molar-refractivity contribution in [2.75, 3.05) is 7.05 Å². The smallest absolute Gasteiger partial charge is 0.134 e. The first-order valence-electron chi connectivity index (χ1n) is 6.95. The summed E-state index contributed by atoms with van der Waals surface area (Å²) in [5, 5.41) is 9.53. The number of fused-ring (bicyclic) bond motifs is 1. The van der Waals surface area contributed by atoms with Gasteiger partial charge in [-0.15, -0.1) is 0 Å². The molecule has 4 nitrogen and oxygen atoms in total. The normalized spacial score (nSPS) is 11.4. The quantitative estimate of drug-likeness (QED) is 0.800. The van der Waals surface area contributed by atoms with Crippen LogP contribution in [0.5, 0.6) is 0 Å². The monoisotopic (exact) mass is 303 g/mol. The first-order chi connectivity index (χ1) is 10.1. The Morgan fingerprint density at radius 2 is 2.05 bits per heavy atom. The first kappa shape index (κ1) is 14.2. The Hall–Kier alpha value is -1.78. The third-order valence-electron chi connectivity index (χ3n) is 3.72. The summed E-state index contributed by atoms with van der Waals surface area (Å²) in [4.78, 5) is 0. The van der Waals surface area contributed by atoms with Gasteiger partial charge in [0.1, 0.15) is 11.3 Å². The molecule has 110 valence electrons. The Balaban J connectivity index is 2.10. The molecule has 0 saturated carbocycles. The SMILES string of the molecule is CNCc1oc2ccccc2c1Cn1nc(C)c(Cl)c1C. The van der Waals surface area contributed by atoms with Gasteiger partial charge in [0.15, 0.2) is 0 Å². The zero-order chi connectivity index (χ0) is 15.0. The third-order valence-corrected chi connectivity index (χ3v) is 4.27. The highest BCUT2D eigenvalue weighted by Crippen LogP contribution is 2.28. The van der Waals surface area contributed by atoms with Crippen LogP contribution in [0.1, 0.15) is 22.7 Å². The van der Waals surface area contributed by atoms with Crippen LogP contribution in [0.2, 0.25) is 5.02 Å². The molecule has 0 aliphatic heterocycles. The molecule has 0 bridgehead atoms. The van der Waals surface area contributed by atoms with Gasteiger partial charge in [0, 0.05) is 10.9 Å². The van der Waals surface area contributed by atoms with E-state index in [9.17, 15) is 0 Å². The molecule has 1 aromatic carbocycles. The molecule has 0 amide bonds. The Labute approximate surface area is 128 Å². The van der Waals surface area contributed by atoms with Crippen LogP contribution >= 0.6 is 11.6 Å². The van der Waals surface area contributed by atoms with E-state index in [2.05, 4.69) is 16.5 Å². The van der Waals surface area contributed by atoms with Gasteiger partial charge >= 0.3 is 0 Å². The average molecular weight is 304 g/mol. The number of nitrogens with one attached hydrogen (secondary N) is 1. The van der Waals surface area contributed by atoms with Gasteiger partial charge in [-0.25, -0.2) is 0 Å². The maximum absolute atomic E-state index is 6.24. The second-order valence-corrected chi connectivity index (χ2v) is 5.55. The number of hydrogen-bond donors (Lipinski definition) is 1. The van der Waals surface area contributed by atoms with Crippen LogP contribution in [-0.4, -0.2) is 16.8 Å². The highest BCUT2D eigenvalue weighted by Gasteiger charge is 2.16. The summed E-state index contributed by atoms with van der Waals surface area (Å²) >= 11 is 6.24. The van der Waals surface area contributed by atoms with Crippen LogP contribution in [0.15, 0.2) is 28.7 Å². The number of rotatable bonds is 4. The summed E-state index contributed by atoms with van der Waals surface area (Å²) in [6, 6.07) is 8.09. The lowest BCUT2D eigenvalue weighted by Crippen LogP contribution is -2.10. The molecule has 0 saturated heterocycles. The number of nitrogens with zero attached hydrogens (tertiary/aromatic N) is 2. The standard InChI is InChI=1S/C16H18ClN3O/c1-10-16(17)11(2)20(19-10)9-13-12-6-4-5-7-14(12)21-15(13)8-18-3/h4-7,18H,8-9H2,1-3H3. The second-order valence-electron chi connectivity index (χ2n) is 5.17. The van der Waals surface area contributed by atoms with E-state index in [1.54, 1.807) is 0 Å². The molecule has 0 spiro atoms. The first-order valence-corrected chi connectivity index (χ1v) is 7.33. The summed E-state index contributed by atoms with van der Waals surface area (Å²) in [6.45, 7) is 5.26. The zero-order valence-corrected chi connectivity index (χ0v) is 13.2. The van der Waals surface area contributed by atoms with Gasteiger partial charge in [-0.05, 0) is 27.0 Å². The predicted octanol–water partition coefficient (Wildman–Crippen LogP) is 3.67. The van der Waals surface area contributed by atoms with Crippen LogP contribution < -0.4 is 5.32 Å². The molecule has 0 unspecified atom stereocenters. The zero-order valence-electron chi connectivity index (χ0n) is 12.4. The minimum atomic E-state index is 0.660. The van der Waals surface area contributed by atoms with E-state index in [-0.39, 0.29) is 0 Å². The number of halogens is 1. The number of para-hydroxylation sites is 1. The van der Waals surface area contributed by atoms with Gasteiger partial charge in [0.25, 0.3) is 0 Å². The molecule has 1 N–H and O–H groups in total. The van der Waals surface area contributed by atoms with E-state index in [1.807, 2.05) is 43.8 Å². The van der Waals surface area contributed by atoms with Crippen LogP contribution in [0.4, 0.5) is 0 Å². The topological polar surface area (TPSA) is 43.0 Å². The Kier molecular flexibility index (Phi) is 3.74. The molecule has 3 rings (SSSR count). The van der Waals surface area contributed by atoms with Crippen molar-refractivity contribution >= 4 is 22.6 Å². The minimum Gasteiger partial charge on any atom is -0.459 e. The lowest BCUT2D eigenvalue weighted by molar-refractivity contribution is 0.517. The van der Waals surface area contributed by atoms with E-state index >= 15 is 0 Å². The number of aromatic nitrogens is 2. The molecule has 0 atom stereocenters. The molecule has 21 heavy (non-hydrogen) atoms. The summed E-state index contributed by atoms with van der Waals surface area (Å²) in [7, 11) is 1.91. The van der Waals surface area contributed by atoms with Crippen LogP contribution in [0.3, 0.4) is 0 Å². The number of hydrogen-bond acceptors (Lipinski definition) is 3. The predicted molar refractivity (Wildman–Crippen MR) is 84.8 cm³/mol. The Morgan fingerprint density at radius 1 is 1.29 bits per heavy atom. The number of aryl methyl sites for hydroxylation is 1. The van der Waals surface area contributed by atoms with Crippen molar-refractivity contribution in [3.63, 3.8) is 0 Å². The lowest BCUT2D eigenvalue weighted by Gasteiger charge is -2.06. The van der Waals surface area contributed by atoms with Crippen molar-refractivity contribution in [2.24, 2.45) is 0 Å². The van der Waals surface area contributed by atoms with Crippen LogP contribution in [-0.2, 0) is 13.1 Å². The molecule has 0 fully saturated rings. The fourth-order valence-electron chi connectivity index (χ4n) is 2.60. The summed E-state index contributed by atoms with van der Waals surface area (Å²) in [5.41, 5.74) is 3.90. The molecular weight excluding hydrogens is 286 g/mol. The summed E-state index contributed by atoms with van der Waals surface area (Å²) < 4.78 is 7.89. The Morgan fingerprint density at radius 3 is 2.71 bits per heavy atom. The van der Waals surface area contributed by atoms with Gasteiger partial charge in [-0.2, -0.15) is 5.10 Å². The fourth-order valence-corrected chi connectivity index (χ4v) is 2.74. The van der Waals surface area contributed by atoms with E-state index in [0.29, 0.717) is 13.1 Å². The third kappa shape index (κ3) is 2.45. The van der Waals surface area contributed by atoms with Crippen molar-refractivity contribution < 1.29 is 4.42 Å². The Bertz CT molecular complexity index is 788. The van der Waals surface area contributed by atoms with Crippen molar-refractivity contribution in [2.45, 2.75) is 26.9 Å². The van der Waals surface area contributed by atoms with Crippen LogP contribution in [0.25, 0.3) is 11.0 Å². The molecular formula is C16H18ClN3O. The van der Waals surface area contributed by atoms with Gasteiger partial charge in [-0.1, -0.05) is 29.8 Å². The highest BCUT2D eigenvalue weighted by molar-refractivity contribution is 6.31.